The number of aromatic hydroxyl groups is 1. The van der Waals surface area contributed by atoms with Gasteiger partial charge in [0.05, 0.1) is 17.6 Å². The van der Waals surface area contributed by atoms with Crippen molar-refractivity contribution in [3.05, 3.63) is 48.3 Å². The summed E-state index contributed by atoms with van der Waals surface area (Å²) in [5.41, 5.74) is 1.87. The van der Waals surface area contributed by atoms with Crippen molar-refractivity contribution >= 4 is 11.9 Å². The average molecular weight is 200 g/mol. The number of hydrogen-bond donors (Lipinski definition) is 1. The summed E-state index contributed by atoms with van der Waals surface area (Å²) in [5, 5.41) is 9.10. The van der Waals surface area contributed by atoms with Crippen molar-refractivity contribution in [2.24, 2.45) is 12.0 Å². The predicted molar refractivity (Wildman–Crippen MR) is 60.8 cm³/mol. The highest BCUT2D eigenvalue weighted by Crippen LogP contribution is 2.16. The topological polar surface area (TPSA) is 37.5 Å². The summed E-state index contributed by atoms with van der Waals surface area (Å²) in [4.78, 5) is 4.29. The zero-order valence-electron chi connectivity index (χ0n) is 8.46. The molecule has 0 radical (unpaired) electrons. The largest absolute Gasteiger partial charge is 0.508 e. The number of aryl methyl sites for hydroxylation is 1. The van der Waals surface area contributed by atoms with Crippen molar-refractivity contribution < 1.29 is 5.11 Å². The van der Waals surface area contributed by atoms with Crippen molar-refractivity contribution in [2.75, 3.05) is 0 Å². The Labute approximate surface area is 88.3 Å². The Kier molecular flexibility index (Phi) is 2.54. The van der Waals surface area contributed by atoms with E-state index in [9.17, 15) is 0 Å². The Bertz CT molecular complexity index is 469. The standard InChI is InChI=1S/C12H12N2O/c1-14-8-2-3-11(14)9-13-10-4-6-12(15)7-5-10/h2-9,15H,1H3. The second-order valence-corrected chi connectivity index (χ2v) is 3.32. The van der Waals surface area contributed by atoms with Crippen LogP contribution < -0.4 is 0 Å². The maximum Gasteiger partial charge on any atom is 0.115 e. The van der Waals surface area contributed by atoms with Gasteiger partial charge >= 0.3 is 0 Å². The van der Waals surface area contributed by atoms with E-state index in [1.165, 1.54) is 0 Å². The van der Waals surface area contributed by atoms with Gasteiger partial charge in [-0.3, -0.25) is 4.99 Å². The number of phenolic OH excluding ortho intramolecular Hbond substituents is 1. The van der Waals surface area contributed by atoms with Gasteiger partial charge in [-0.05, 0) is 36.4 Å². The summed E-state index contributed by atoms with van der Waals surface area (Å²) in [7, 11) is 1.97. The molecule has 1 heterocycles. The highest BCUT2D eigenvalue weighted by atomic mass is 16.3. The predicted octanol–water partition coefficient (Wildman–Crippen LogP) is 2.48. The van der Waals surface area contributed by atoms with Crippen LogP contribution in [0.1, 0.15) is 5.69 Å². The van der Waals surface area contributed by atoms with E-state index >= 15 is 0 Å². The maximum atomic E-state index is 9.10. The number of nitrogens with zero attached hydrogens (tertiary/aromatic N) is 2. The molecule has 0 amide bonds. The molecule has 0 bridgehead atoms. The molecule has 0 spiro atoms. The third kappa shape index (κ3) is 2.26. The lowest BCUT2D eigenvalue weighted by molar-refractivity contribution is 0.475. The minimum absolute atomic E-state index is 0.257. The van der Waals surface area contributed by atoms with Crippen LogP contribution in [-0.2, 0) is 7.05 Å². The van der Waals surface area contributed by atoms with Crippen molar-refractivity contribution in [3.8, 4) is 5.75 Å². The van der Waals surface area contributed by atoms with Gasteiger partial charge in [-0.2, -0.15) is 0 Å². The van der Waals surface area contributed by atoms with E-state index in [4.69, 9.17) is 5.11 Å². The van der Waals surface area contributed by atoms with Crippen LogP contribution in [0.15, 0.2) is 47.6 Å². The van der Waals surface area contributed by atoms with E-state index in [2.05, 4.69) is 4.99 Å². The first-order valence-electron chi connectivity index (χ1n) is 4.70. The van der Waals surface area contributed by atoms with Crippen LogP contribution in [0.2, 0.25) is 0 Å². The van der Waals surface area contributed by atoms with Gasteiger partial charge in [0.25, 0.3) is 0 Å². The Hall–Kier alpha value is -2.03. The van der Waals surface area contributed by atoms with Gasteiger partial charge in [0.2, 0.25) is 0 Å². The normalized spacial score (nSPS) is 11.0. The highest BCUT2D eigenvalue weighted by Gasteiger charge is 1.92. The van der Waals surface area contributed by atoms with Crippen LogP contribution in [0.5, 0.6) is 5.75 Å². The molecule has 76 valence electrons. The molecule has 0 atom stereocenters. The second-order valence-electron chi connectivity index (χ2n) is 3.32. The summed E-state index contributed by atoms with van der Waals surface area (Å²) >= 11 is 0. The molecule has 0 aliphatic rings. The maximum absolute atomic E-state index is 9.10. The lowest BCUT2D eigenvalue weighted by Crippen LogP contribution is -1.91. The third-order valence-corrected chi connectivity index (χ3v) is 2.18. The van der Waals surface area contributed by atoms with Gasteiger partial charge in [-0.15, -0.1) is 0 Å². The van der Waals surface area contributed by atoms with E-state index in [1.807, 2.05) is 29.9 Å². The molecule has 1 N–H and O–H groups in total. The molecule has 3 heteroatoms. The second kappa shape index (κ2) is 4.00. The number of aliphatic imine (C=N–C) groups is 1. The van der Waals surface area contributed by atoms with Crippen molar-refractivity contribution in [2.45, 2.75) is 0 Å². The Balaban J connectivity index is 2.19. The lowest BCUT2D eigenvalue weighted by Gasteiger charge is -1.96. The van der Waals surface area contributed by atoms with Gasteiger partial charge in [-0.25, -0.2) is 0 Å². The minimum atomic E-state index is 0.257. The SMILES string of the molecule is Cn1cccc1C=Nc1ccc(O)cc1. The van der Waals surface area contributed by atoms with Crippen LogP contribution in [0.3, 0.4) is 0 Å². The molecule has 0 saturated heterocycles. The monoisotopic (exact) mass is 200 g/mol. The minimum Gasteiger partial charge on any atom is -0.508 e. The summed E-state index contributed by atoms with van der Waals surface area (Å²) in [5.74, 6) is 0.257. The molecule has 0 aliphatic carbocycles. The molecule has 1 aromatic heterocycles. The van der Waals surface area contributed by atoms with Gasteiger partial charge in [0.15, 0.2) is 0 Å². The number of phenols is 1. The summed E-state index contributed by atoms with van der Waals surface area (Å²) in [6, 6.07) is 10.8. The van der Waals surface area contributed by atoms with Crippen LogP contribution in [-0.4, -0.2) is 15.9 Å². The zero-order valence-corrected chi connectivity index (χ0v) is 8.46. The van der Waals surface area contributed by atoms with E-state index in [-0.39, 0.29) is 5.75 Å². The van der Waals surface area contributed by atoms with E-state index in [0.29, 0.717) is 0 Å². The van der Waals surface area contributed by atoms with Crippen molar-refractivity contribution in [1.29, 1.82) is 0 Å². The molecule has 15 heavy (non-hydrogen) atoms. The molecular formula is C12H12N2O. The molecule has 0 aliphatic heterocycles. The van der Waals surface area contributed by atoms with Gasteiger partial charge in [-0.1, -0.05) is 0 Å². The number of hydrogen-bond acceptors (Lipinski definition) is 2. The van der Waals surface area contributed by atoms with Crippen molar-refractivity contribution in [3.63, 3.8) is 0 Å². The van der Waals surface area contributed by atoms with Crippen LogP contribution >= 0.6 is 0 Å². The number of rotatable bonds is 2. The van der Waals surface area contributed by atoms with E-state index in [1.54, 1.807) is 30.5 Å². The Morgan fingerprint density at radius 1 is 1.20 bits per heavy atom. The lowest BCUT2D eigenvalue weighted by atomic mass is 10.3. The smallest absolute Gasteiger partial charge is 0.115 e. The molecule has 2 aromatic rings. The fraction of sp³-hybridized carbons (Fsp3) is 0.0833. The quantitative estimate of drug-likeness (QED) is 0.743. The van der Waals surface area contributed by atoms with E-state index in [0.717, 1.165) is 11.4 Å². The average Bonchev–Trinajstić information content (AvgIpc) is 2.63. The molecular weight excluding hydrogens is 188 g/mol. The van der Waals surface area contributed by atoms with Crippen molar-refractivity contribution in [1.82, 2.24) is 4.57 Å². The Morgan fingerprint density at radius 3 is 2.53 bits per heavy atom. The van der Waals surface area contributed by atoms with Gasteiger partial charge in [0.1, 0.15) is 5.75 Å². The molecule has 0 fully saturated rings. The fourth-order valence-electron chi connectivity index (χ4n) is 1.29. The third-order valence-electron chi connectivity index (χ3n) is 2.18. The van der Waals surface area contributed by atoms with Crippen LogP contribution in [0.25, 0.3) is 0 Å². The van der Waals surface area contributed by atoms with Gasteiger partial charge in [0, 0.05) is 13.2 Å². The summed E-state index contributed by atoms with van der Waals surface area (Å²) in [6.07, 6.45) is 3.77. The molecule has 3 nitrogen and oxygen atoms in total. The number of benzene rings is 1. The van der Waals surface area contributed by atoms with Gasteiger partial charge < -0.3 is 9.67 Å². The fourth-order valence-corrected chi connectivity index (χ4v) is 1.29. The summed E-state index contributed by atoms with van der Waals surface area (Å²) < 4.78 is 1.99. The summed E-state index contributed by atoms with van der Waals surface area (Å²) in [6.45, 7) is 0. The molecule has 1 aromatic carbocycles. The highest BCUT2D eigenvalue weighted by molar-refractivity contribution is 5.80. The van der Waals surface area contributed by atoms with E-state index < -0.39 is 0 Å². The molecule has 0 saturated carbocycles. The Morgan fingerprint density at radius 2 is 1.93 bits per heavy atom. The first-order valence-corrected chi connectivity index (χ1v) is 4.70. The zero-order chi connectivity index (χ0) is 10.7. The first-order chi connectivity index (χ1) is 7.25. The van der Waals surface area contributed by atoms with Crippen LogP contribution in [0.4, 0.5) is 5.69 Å². The molecule has 2 rings (SSSR count). The number of aromatic nitrogens is 1. The van der Waals surface area contributed by atoms with Crippen LogP contribution in [0, 0.1) is 0 Å². The molecule has 0 unspecified atom stereocenters. The first kappa shape index (κ1) is 9.52.